The Morgan fingerprint density at radius 3 is 2.29 bits per heavy atom. The number of halogens is 1. The first kappa shape index (κ1) is 17.8. The normalized spacial score (nSPS) is 15.7. The molecule has 0 aromatic heterocycles. The van der Waals surface area contributed by atoms with Gasteiger partial charge >= 0.3 is 0 Å². The Bertz CT molecular complexity index is 999. The maximum absolute atomic E-state index is 13.3. The van der Waals surface area contributed by atoms with Gasteiger partial charge in [-0.15, -0.1) is 0 Å². The van der Waals surface area contributed by atoms with Gasteiger partial charge in [0.15, 0.2) is 0 Å². The van der Waals surface area contributed by atoms with Crippen molar-refractivity contribution in [2.45, 2.75) is 6.04 Å². The van der Waals surface area contributed by atoms with E-state index < -0.39 is 0 Å². The Labute approximate surface area is 162 Å². The number of nitrogens with zero attached hydrogens (tertiary/aromatic N) is 1. The summed E-state index contributed by atoms with van der Waals surface area (Å²) in [7, 11) is 1.62. The van der Waals surface area contributed by atoms with Crippen molar-refractivity contribution in [2.24, 2.45) is 0 Å². The molecule has 3 aromatic rings. The molecule has 3 aromatic carbocycles. The fourth-order valence-corrected chi connectivity index (χ4v) is 3.20. The van der Waals surface area contributed by atoms with E-state index in [0.29, 0.717) is 5.56 Å². The van der Waals surface area contributed by atoms with Gasteiger partial charge < -0.3 is 4.74 Å². The van der Waals surface area contributed by atoms with Crippen LogP contribution in [-0.4, -0.2) is 18.0 Å². The summed E-state index contributed by atoms with van der Waals surface area (Å²) in [6.07, 6.45) is 2.01. The lowest BCUT2D eigenvalue weighted by atomic mass is 10.0. The Morgan fingerprint density at radius 2 is 1.64 bits per heavy atom. The van der Waals surface area contributed by atoms with E-state index in [1.54, 1.807) is 12.1 Å². The quantitative estimate of drug-likeness (QED) is 0.727. The largest absolute Gasteiger partial charge is 0.497 e. The van der Waals surface area contributed by atoms with Crippen molar-refractivity contribution < 1.29 is 13.9 Å². The van der Waals surface area contributed by atoms with Crippen LogP contribution in [0.4, 0.5) is 4.39 Å². The predicted molar refractivity (Wildman–Crippen MR) is 106 cm³/mol. The number of hydrazine groups is 1. The summed E-state index contributed by atoms with van der Waals surface area (Å²) in [5.41, 5.74) is 6.38. The summed E-state index contributed by atoms with van der Waals surface area (Å²) in [6, 6.07) is 22.7. The third-order valence-electron chi connectivity index (χ3n) is 4.70. The van der Waals surface area contributed by atoms with Gasteiger partial charge in [-0.25, -0.2) is 9.40 Å². The highest BCUT2D eigenvalue weighted by Crippen LogP contribution is 2.32. The lowest BCUT2D eigenvalue weighted by Gasteiger charge is -2.25. The van der Waals surface area contributed by atoms with Gasteiger partial charge in [0.2, 0.25) is 0 Å². The number of nitrogens with one attached hydrogen (secondary N) is 1. The van der Waals surface area contributed by atoms with Crippen molar-refractivity contribution in [1.82, 2.24) is 10.4 Å². The Balaban J connectivity index is 1.69. The zero-order valence-electron chi connectivity index (χ0n) is 15.3. The number of carbonyl (C=O) groups excluding carboxylic acids is 1. The van der Waals surface area contributed by atoms with E-state index in [4.69, 9.17) is 4.74 Å². The fraction of sp³-hybridized carbons (Fsp3) is 0.0870. The minimum absolute atomic E-state index is 0.228. The molecule has 4 rings (SSSR count). The first-order chi connectivity index (χ1) is 13.7. The molecule has 0 radical (unpaired) electrons. The summed E-state index contributed by atoms with van der Waals surface area (Å²) >= 11 is 0. The number of ether oxygens (including phenoxy) is 1. The standard InChI is InChI=1S/C23H19FN2O2/c1-28-20-13-9-16(10-14-20)21-15-22(17-5-3-2-4-6-17)26(25-21)23(27)18-7-11-19(24)12-8-18/h2-15,22,25H,1H3/t22-/m1/s1. The molecule has 28 heavy (non-hydrogen) atoms. The van der Waals surface area contributed by atoms with Crippen molar-refractivity contribution in [3.05, 3.63) is 107 Å². The average molecular weight is 374 g/mol. The highest BCUT2D eigenvalue weighted by molar-refractivity contribution is 5.95. The maximum Gasteiger partial charge on any atom is 0.273 e. The molecule has 1 amide bonds. The second-order valence-corrected chi connectivity index (χ2v) is 6.46. The molecule has 1 aliphatic heterocycles. The van der Waals surface area contributed by atoms with Crippen LogP contribution in [-0.2, 0) is 0 Å². The topological polar surface area (TPSA) is 41.6 Å². The van der Waals surface area contributed by atoms with E-state index in [1.807, 2.05) is 60.7 Å². The molecular formula is C23H19FN2O2. The molecule has 0 saturated heterocycles. The average Bonchev–Trinajstić information content (AvgIpc) is 3.20. The van der Waals surface area contributed by atoms with Crippen molar-refractivity contribution in [3.63, 3.8) is 0 Å². The second-order valence-electron chi connectivity index (χ2n) is 6.46. The van der Waals surface area contributed by atoms with E-state index in [2.05, 4.69) is 5.43 Å². The molecule has 0 unspecified atom stereocenters. The summed E-state index contributed by atoms with van der Waals surface area (Å²) < 4.78 is 18.5. The Hall–Kier alpha value is -3.60. The predicted octanol–water partition coefficient (Wildman–Crippen LogP) is 4.58. The second kappa shape index (κ2) is 7.56. The van der Waals surface area contributed by atoms with E-state index in [0.717, 1.165) is 22.6 Å². The molecule has 1 N–H and O–H groups in total. The summed E-state index contributed by atoms with van der Waals surface area (Å²) in [5, 5.41) is 1.57. The van der Waals surface area contributed by atoms with Crippen LogP contribution in [0.15, 0.2) is 84.9 Å². The first-order valence-corrected chi connectivity index (χ1v) is 8.92. The van der Waals surface area contributed by atoms with Gasteiger partial charge in [0.25, 0.3) is 5.91 Å². The highest BCUT2D eigenvalue weighted by Gasteiger charge is 2.31. The van der Waals surface area contributed by atoms with E-state index in [-0.39, 0.29) is 17.8 Å². The molecule has 1 heterocycles. The number of amides is 1. The minimum atomic E-state index is -0.373. The van der Waals surface area contributed by atoms with Crippen molar-refractivity contribution in [3.8, 4) is 5.75 Å². The Morgan fingerprint density at radius 1 is 0.964 bits per heavy atom. The van der Waals surface area contributed by atoms with Crippen LogP contribution in [0.3, 0.4) is 0 Å². The maximum atomic E-state index is 13.3. The van der Waals surface area contributed by atoms with Gasteiger partial charge in [-0.05, 0) is 65.7 Å². The Kier molecular flexibility index (Phi) is 4.81. The van der Waals surface area contributed by atoms with Crippen LogP contribution < -0.4 is 10.2 Å². The van der Waals surface area contributed by atoms with E-state index >= 15 is 0 Å². The number of rotatable bonds is 4. The molecule has 5 heteroatoms. The first-order valence-electron chi connectivity index (χ1n) is 8.92. The molecule has 140 valence electrons. The minimum Gasteiger partial charge on any atom is -0.497 e. The van der Waals surface area contributed by atoms with Crippen LogP contribution in [0, 0.1) is 5.82 Å². The third-order valence-corrected chi connectivity index (χ3v) is 4.70. The zero-order valence-corrected chi connectivity index (χ0v) is 15.3. The summed E-state index contributed by atoms with van der Waals surface area (Å²) in [6.45, 7) is 0. The molecule has 1 atom stereocenters. The van der Waals surface area contributed by atoms with Gasteiger partial charge in [0.1, 0.15) is 11.6 Å². The summed E-state index contributed by atoms with van der Waals surface area (Å²) in [4.78, 5) is 13.1. The SMILES string of the molecule is COc1ccc(C2=C[C@H](c3ccccc3)N(C(=O)c3ccc(F)cc3)N2)cc1. The van der Waals surface area contributed by atoms with Gasteiger partial charge in [-0.3, -0.25) is 10.2 Å². The fourth-order valence-electron chi connectivity index (χ4n) is 3.20. The molecular weight excluding hydrogens is 355 g/mol. The van der Waals surface area contributed by atoms with Crippen molar-refractivity contribution >= 4 is 11.6 Å². The van der Waals surface area contributed by atoms with Crippen LogP contribution in [0.2, 0.25) is 0 Å². The molecule has 1 aliphatic rings. The van der Waals surface area contributed by atoms with Crippen molar-refractivity contribution in [2.75, 3.05) is 7.11 Å². The van der Waals surface area contributed by atoms with Gasteiger partial charge in [-0.1, -0.05) is 30.3 Å². The molecule has 0 saturated carbocycles. The monoisotopic (exact) mass is 374 g/mol. The van der Waals surface area contributed by atoms with Crippen LogP contribution >= 0.6 is 0 Å². The van der Waals surface area contributed by atoms with E-state index in [1.165, 1.54) is 24.3 Å². The zero-order chi connectivity index (χ0) is 19.5. The smallest absolute Gasteiger partial charge is 0.273 e. The number of hydrogen-bond donors (Lipinski definition) is 1. The number of hydrogen-bond acceptors (Lipinski definition) is 3. The van der Waals surface area contributed by atoms with Crippen molar-refractivity contribution in [1.29, 1.82) is 0 Å². The highest BCUT2D eigenvalue weighted by atomic mass is 19.1. The third kappa shape index (κ3) is 3.47. The van der Waals surface area contributed by atoms with Crippen LogP contribution in [0.25, 0.3) is 5.70 Å². The lowest BCUT2D eigenvalue weighted by molar-refractivity contribution is 0.0672. The van der Waals surface area contributed by atoms with Gasteiger partial charge in [0, 0.05) is 5.56 Å². The molecule has 0 aliphatic carbocycles. The van der Waals surface area contributed by atoms with Crippen LogP contribution in [0.1, 0.15) is 27.5 Å². The number of benzene rings is 3. The molecule has 0 fully saturated rings. The summed E-state index contributed by atoms with van der Waals surface area (Å²) in [5.74, 6) is 0.164. The molecule has 4 nitrogen and oxygen atoms in total. The number of methoxy groups -OCH3 is 1. The lowest BCUT2D eigenvalue weighted by Crippen LogP contribution is -2.39. The molecule has 0 spiro atoms. The van der Waals surface area contributed by atoms with Crippen LogP contribution in [0.5, 0.6) is 5.75 Å². The number of carbonyl (C=O) groups is 1. The van der Waals surface area contributed by atoms with E-state index in [9.17, 15) is 9.18 Å². The van der Waals surface area contributed by atoms with Gasteiger partial charge in [-0.2, -0.15) is 0 Å². The van der Waals surface area contributed by atoms with Gasteiger partial charge in [0.05, 0.1) is 18.8 Å². The molecule has 0 bridgehead atoms.